The highest BCUT2D eigenvalue weighted by molar-refractivity contribution is 5.82. The van der Waals surface area contributed by atoms with Gasteiger partial charge in [0.25, 0.3) is 0 Å². The van der Waals surface area contributed by atoms with E-state index < -0.39 is 0 Å². The number of aryl methyl sites for hydroxylation is 1. The van der Waals surface area contributed by atoms with Gasteiger partial charge in [-0.05, 0) is 43.0 Å². The fourth-order valence-corrected chi connectivity index (χ4v) is 4.56. The van der Waals surface area contributed by atoms with Crippen molar-refractivity contribution in [3.05, 3.63) is 65.7 Å². The van der Waals surface area contributed by atoms with E-state index in [1.54, 1.807) is 0 Å². The Morgan fingerprint density at radius 2 is 1.67 bits per heavy atom. The molecular formula is C25H31N3O2. The number of likely N-dealkylation sites (tertiary alicyclic amines) is 1. The molecular weight excluding hydrogens is 374 g/mol. The Kier molecular flexibility index (Phi) is 6.36. The summed E-state index contributed by atoms with van der Waals surface area (Å²) in [4.78, 5) is 32.1. The van der Waals surface area contributed by atoms with Crippen molar-refractivity contribution in [2.75, 3.05) is 44.2 Å². The molecule has 2 aliphatic heterocycles. The van der Waals surface area contributed by atoms with Crippen molar-refractivity contribution < 1.29 is 9.59 Å². The second kappa shape index (κ2) is 9.33. The van der Waals surface area contributed by atoms with Gasteiger partial charge in [0.05, 0.1) is 12.3 Å². The number of piperidine rings is 1. The van der Waals surface area contributed by atoms with Crippen molar-refractivity contribution in [1.82, 2.24) is 9.80 Å². The lowest BCUT2D eigenvalue weighted by atomic mass is 9.95. The van der Waals surface area contributed by atoms with Crippen LogP contribution in [-0.2, 0) is 16.0 Å². The maximum Gasteiger partial charge on any atom is 0.227 e. The largest absolute Gasteiger partial charge is 0.368 e. The van der Waals surface area contributed by atoms with Gasteiger partial charge in [0.15, 0.2) is 0 Å². The number of amides is 2. The molecule has 2 heterocycles. The van der Waals surface area contributed by atoms with Gasteiger partial charge < -0.3 is 14.7 Å². The van der Waals surface area contributed by atoms with Gasteiger partial charge in [0.2, 0.25) is 11.8 Å². The Balaban J connectivity index is 1.31. The molecule has 2 saturated heterocycles. The molecule has 5 heteroatoms. The number of hydrogen-bond acceptors (Lipinski definition) is 3. The van der Waals surface area contributed by atoms with Crippen molar-refractivity contribution in [2.24, 2.45) is 5.92 Å². The van der Waals surface area contributed by atoms with Crippen LogP contribution in [-0.4, -0.2) is 60.9 Å². The smallest absolute Gasteiger partial charge is 0.227 e. The van der Waals surface area contributed by atoms with Crippen LogP contribution in [0, 0.1) is 12.8 Å². The van der Waals surface area contributed by atoms with Crippen molar-refractivity contribution in [2.45, 2.75) is 26.2 Å². The van der Waals surface area contributed by atoms with Crippen LogP contribution in [0.25, 0.3) is 0 Å². The minimum Gasteiger partial charge on any atom is -0.368 e. The number of anilines is 1. The molecule has 0 aliphatic carbocycles. The zero-order valence-electron chi connectivity index (χ0n) is 17.8. The molecule has 1 atom stereocenters. The summed E-state index contributed by atoms with van der Waals surface area (Å²) in [5.74, 6) is 0.281. The number of rotatable bonds is 4. The van der Waals surface area contributed by atoms with Gasteiger partial charge >= 0.3 is 0 Å². The maximum absolute atomic E-state index is 13.1. The summed E-state index contributed by atoms with van der Waals surface area (Å²) in [6.45, 7) is 6.65. The van der Waals surface area contributed by atoms with Gasteiger partial charge in [0.1, 0.15) is 0 Å². The first-order valence-electron chi connectivity index (χ1n) is 11.0. The normalized spacial score (nSPS) is 19.6. The van der Waals surface area contributed by atoms with Crippen molar-refractivity contribution in [1.29, 1.82) is 0 Å². The highest BCUT2D eigenvalue weighted by Gasteiger charge is 2.32. The fraction of sp³-hybridized carbons (Fsp3) is 0.440. The maximum atomic E-state index is 13.1. The Bertz CT molecular complexity index is 875. The zero-order valence-corrected chi connectivity index (χ0v) is 17.8. The first-order chi connectivity index (χ1) is 14.6. The van der Waals surface area contributed by atoms with Gasteiger partial charge in [-0.25, -0.2) is 0 Å². The minimum atomic E-state index is -0.0657. The average molecular weight is 406 g/mol. The van der Waals surface area contributed by atoms with Gasteiger partial charge in [-0.3, -0.25) is 9.59 Å². The third-order valence-electron chi connectivity index (χ3n) is 6.28. The molecule has 2 aromatic rings. The number of benzene rings is 2. The van der Waals surface area contributed by atoms with Crippen molar-refractivity contribution >= 4 is 17.5 Å². The third-order valence-corrected chi connectivity index (χ3v) is 6.28. The van der Waals surface area contributed by atoms with Crippen LogP contribution in [0.3, 0.4) is 0 Å². The van der Waals surface area contributed by atoms with E-state index in [1.165, 1.54) is 11.3 Å². The van der Waals surface area contributed by atoms with Crippen LogP contribution in [0.2, 0.25) is 0 Å². The molecule has 4 rings (SSSR count). The summed E-state index contributed by atoms with van der Waals surface area (Å²) in [5, 5.41) is 0. The molecule has 0 N–H and O–H groups in total. The number of piperazine rings is 1. The Morgan fingerprint density at radius 3 is 2.40 bits per heavy atom. The molecule has 0 spiro atoms. The SMILES string of the molecule is Cc1cccc(N2CCN(C(=O)[C@@H]3CCCN(C(=O)Cc4ccccc4)C3)CC2)c1. The van der Waals surface area contributed by atoms with E-state index in [-0.39, 0.29) is 17.7 Å². The van der Waals surface area contributed by atoms with E-state index >= 15 is 0 Å². The van der Waals surface area contributed by atoms with Crippen LogP contribution in [0.1, 0.15) is 24.0 Å². The quantitative estimate of drug-likeness (QED) is 0.785. The standard InChI is InChI=1S/C25H31N3O2/c1-20-7-5-11-23(17-20)26-13-15-27(16-14-26)25(30)22-10-6-12-28(19-22)24(29)18-21-8-3-2-4-9-21/h2-5,7-9,11,17,22H,6,10,12-16,18-19H2,1H3/t22-/m1/s1. The first kappa shape index (κ1) is 20.5. The number of carbonyl (C=O) groups is 2. The summed E-state index contributed by atoms with van der Waals surface area (Å²) in [6, 6.07) is 18.4. The van der Waals surface area contributed by atoms with Crippen LogP contribution in [0.4, 0.5) is 5.69 Å². The van der Waals surface area contributed by atoms with E-state index in [0.717, 1.165) is 51.1 Å². The van der Waals surface area contributed by atoms with Gasteiger partial charge in [0, 0.05) is 45.0 Å². The van der Waals surface area contributed by atoms with Crippen LogP contribution in [0.15, 0.2) is 54.6 Å². The topological polar surface area (TPSA) is 43.9 Å². The summed E-state index contributed by atoms with van der Waals surface area (Å²) in [6.07, 6.45) is 2.20. The van der Waals surface area contributed by atoms with E-state index in [9.17, 15) is 9.59 Å². The van der Waals surface area contributed by atoms with Gasteiger partial charge in [-0.1, -0.05) is 42.5 Å². The Morgan fingerprint density at radius 1 is 0.900 bits per heavy atom. The predicted molar refractivity (Wildman–Crippen MR) is 119 cm³/mol. The molecule has 0 saturated carbocycles. The molecule has 2 aromatic carbocycles. The molecule has 2 fully saturated rings. The molecule has 0 aromatic heterocycles. The van der Waals surface area contributed by atoms with Crippen LogP contribution >= 0.6 is 0 Å². The molecule has 2 aliphatic rings. The number of nitrogens with zero attached hydrogens (tertiary/aromatic N) is 3. The van der Waals surface area contributed by atoms with E-state index in [2.05, 4.69) is 36.1 Å². The molecule has 158 valence electrons. The highest BCUT2D eigenvalue weighted by Crippen LogP contribution is 2.22. The first-order valence-corrected chi connectivity index (χ1v) is 11.0. The van der Waals surface area contributed by atoms with Gasteiger partial charge in [-0.15, -0.1) is 0 Å². The summed E-state index contributed by atoms with van der Waals surface area (Å²) in [5.41, 5.74) is 3.52. The van der Waals surface area contributed by atoms with E-state index in [4.69, 9.17) is 0 Å². The predicted octanol–water partition coefficient (Wildman–Crippen LogP) is 3.12. The zero-order chi connectivity index (χ0) is 20.9. The minimum absolute atomic E-state index is 0.0657. The van der Waals surface area contributed by atoms with Crippen molar-refractivity contribution in [3.63, 3.8) is 0 Å². The lowest BCUT2D eigenvalue weighted by Crippen LogP contribution is -2.53. The summed E-state index contributed by atoms with van der Waals surface area (Å²) >= 11 is 0. The van der Waals surface area contributed by atoms with Crippen LogP contribution < -0.4 is 4.90 Å². The third kappa shape index (κ3) is 4.84. The Hall–Kier alpha value is -2.82. The van der Waals surface area contributed by atoms with Crippen molar-refractivity contribution in [3.8, 4) is 0 Å². The second-order valence-corrected chi connectivity index (χ2v) is 8.49. The molecule has 0 radical (unpaired) electrons. The second-order valence-electron chi connectivity index (χ2n) is 8.49. The molecule has 30 heavy (non-hydrogen) atoms. The molecule has 2 amide bonds. The molecule has 0 unspecified atom stereocenters. The summed E-state index contributed by atoms with van der Waals surface area (Å²) < 4.78 is 0. The highest BCUT2D eigenvalue weighted by atomic mass is 16.2. The van der Waals surface area contributed by atoms with Crippen LogP contribution in [0.5, 0.6) is 0 Å². The molecule has 5 nitrogen and oxygen atoms in total. The fourth-order valence-electron chi connectivity index (χ4n) is 4.56. The molecule has 0 bridgehead atoms. The monoisotopic (exact) mass is 405 g/mol. The average Bonchev–Trinajstić information content (AvgIpc) is 2.79. The lowest BCUT2D eigenvalue weighted by Gasteiger charge is -2.39. The lowest BCUT2D eigenvalue weighted by molar-refractivity contribution is -0.140. The number of carbonyl (C=O) groups excluding carboxylic acids is 2. The van der Waals surface area contributed by atoms with Gasteiger partial charge in [-0.2, -0.15) is 0 Å². The Labute approximate surface area is 179 Å². The number of hydrogen-bond donors (Lipinski definition) is 0. The summed E-state index contributed by atoms with van der Waals surface area (Å²) in [7, 11) is 0. The van der Waals surface area contributed by atoms with E-state index in [1.807, 2.05) is 40.1 Å². The van der Waals surface area contributed by atoms with E-state index in [0.29, 0.717) is 13.0 Å².